The van der Waals surface area contributed by atoms with Gasteiger partial charge in [0, 0.05) is 11.1 Å². The summed E-state index contributed by atoms with van der Waals surface area (Å²) in [5, 5.41) is 13.7. The summed E-state index contributed by atoms with van der Waals surface area (Å²) in [7, 11) is 0. The Bertz CT molecular complexity index is 1360. The number of aliphatic hydroxyl groups is 1. The first-order valence-electron chi connectivity index (χ1n) is 10.6. The lowest BCUT2D eigenvalue weighted by Gasteiger charge is -2.28. The summed E-state index contributed by atoms with van der Waals surface area (Å²) >= 11 is 0. The number of nitrogen functional groups attached to an aromatic ring is 1. The molecule has 2 heterocycles. The van der Waals surface area contributed by atoms with Gasteiger partial charge in [-0.1, -0.05) is 41.5 Å². The average molecular weight is 492 g/mol. The smallest absolute Gasteiger partial charge is 0.351 e. The number of benzene rings is 2. The van der Waals surface area contributed by atoms with Crippen molar-refractivity contribution in [1.82, 2.24) is 9.55 Å². The van der Waals surface area contributed by atoms with Crippen molar-refractivity contribution >= 4 is 17.8 Å². The Balaban J connectivity index is 1.81. The van der Waals surface area contributed by atoms with Gasteiger partial charge in [-0.05, 0) is 35.9 Å². The summed E-state index contributed by atoms with van der Waals surface area (Å²) in [6, 6.07) is 17.0. The lowest BCUT2D eigenvalue weighted by atomic mass is 10.0. The van der Waals surface area contributed by atoms with Gasteiger partial charge in [-0.2, -0.15) is 4.98 Å². The van der Waals surface area contributed by atoms with E-state index in [0.717, 1.165) is 4.57 Å². The summed E-state index contributed by atoms with van der Waals surface area (Å²) in [6.45, 7) is -0.975. The van der Waals surface area contributed by atoms with Crippen molar-refractivity contribution < 1.29 is 28.9 Å². The van der Waals surface area contributed by atoms with Crippen LogP contribution in [0.15, 0.2) is 82.8 Å². The van der Waals surface area contributed by atoms with Gasteiger partial charge >= 0.3 is 17.6 Å². The van der Waals surface area contributed by atoms with Crippen LogP contribution in [-0.2, 0) is 14.2 Å². The zero-order valence-electron chi connectivity index (χ0n) is 18.6. The van der Waals surface area contributed by atoms with Gasteiger partial charge in [0.1, 0.15) is 5.82 Å². The van der Waals surface area contributed by atoms with Crippen LogP contribution in [0.25, 0.3) is 10.4 Å². The highest BCUT2D eigenvalue weighted by molar-refractivity contribution is 5.90. The van der Waals surface area contributed by atoms with Crippen LogP contribution in [0.4, 0.5) is 5.82 Å². The van der Waals surface area contributed by atoms with Crippen LogP contribution >= 0.6 is 0 Å². The summed E-state index contributed by atoms with van der Waals surface area (Å²) in [4.78, 5) is 44.9. The Hall–Kier alpha value is -4.71. The molecule has 13 heteroatoms. The molecule has 1 aliphatic heterocycles. The highest BCUT2D eigenvalue weighted by atomic mass is 16.7. The molecular formula is C23H20N6O7. The number of rotatable bonds is 7. The maximum atomic E-state index is 13.0. The molecule has 2 aromatic carbocycles. The fourth-order valence-corrected chi connectivity index (χ4v) is 3.70. The first kappa shape index (κ1) is 24.4. The van der Waals surface area contributed by atoms with Gasteiger partial charge < -0.3 is 25.1 Å². The van der Waals surface area contributed by atoms with E-state index in [-0.39, 0.29) is 16.9 Å². The highest BCUT2D eigenvalue weighted by Crippen LogP contribution is 2.42. The van der Waals surface area contributed by atoms with Gasteiger partial charge in [-0.15, -0.1) is 0 Å². The molecular weight excluding hydrogens is 472 g/mol. The molecule has 0 unspecified atom stereocenters. The van der Waals surface area contributed by atoms with Gasteiger partial charge in [0.05, 0.1) is 17.7 Å². The summed E-state index contributed by atoms with van der Waals surface area (Å²) in [6.07, 6.45) is -3.50. The third kappa shape index (κ3) is 4.74. The van der Waals surface area contributed by atoms with Crippen LogP contribution in [-0.4, -0.2) is 51.1 Å². The molecule has 0 radical (unpaired) electrons. The average Bonchev–Trinajstić information content (AvgIpc) is 3.18. The van der Waals surface area contributed by atoms with Gasteiger partial charge in [0.2, 0.25) is 5.72 Å². The Morgan fingerprint density at radius 1 is 1.08 bits per heavy atom. The van der Waals surface area contributed by atoms with E-state index in [4.69, 9.17) is 19.9 Å². The first-order chi connectivity index (χ1) is 17.4. The molecule has 13 nitrogen and oxygen atoms in total. The Kier molecular flexibility index (Phi) is 6.97. The summed E-state index contributed by atoms with van der Waals surface area (Å²) in [5.74, 6) is -1.80. The minimum absolute atomic E-state index is 0.0809. The standard InChI is InChI=1S/C23H20N6O7/c24-16-11-12-29(22(33)26-16)19-17(34-20(31)14-7-3-1-4-8-14)18(23(13-30,36-19)27-28-25)35-21(32)15-9-5-2-6-10-15/h1-12,17-19,30H,13H2,(H2,24,26,33)/t17-,18+,19+,23-/m1/s1. The number of ether oxygens (including phenoxy) is 3. The molecule has 0 aliphatic carbocycles. The van der Waals surface area contributed by atoms with Crippen LogP contribution in [0, 0.1) is 0 Å². The quantitative estimate of drug-likeness (QED) is 0.214. The SMILES string of the molecule is [N-]=[N+]=N[C@]1(CO)O[C@H](n2ccc(N)nc2=O)[C@H](OC(=O)c2ccccc2)[C@@H]1OC(=O)c1ccccc1. The Morgan fingerprint density at radius 3 is 2.19 bits per heavy atom. The second-order valence-electron chi connectivity index (χ2n) is 7.67. The summed E-state index contributed by atoms with van der Waals surface area (Å²) in [5.41, 5.74) is 11.9. The number of azide groups is 1. The topological polar surface area (TPSA) is 192 Å². The van der Waals surface area contributed by atoms with Crippen molar-refractivity contribution in [2.45, 2.75) is 24.2 Å². The number of carbonyl (C=O) groups excluding carboxylic acids is 2. The molecule has 1 saturated heterocycles. The van der Waals surface area contributed by atoms with Crippen LogP contribution in [0.3, 0.4) is 0 Å². The van der Waals surface area contributed by atoms with E-state index in [1.807, 2.05) is 0 Å². The minimum Gasteiger partial charge on any atom is -0.451 e. The molecule has 184 valence electrons. The van der Waals surface area contributed by atoms with Gasteiger partial charge in [0.25, 0.3) is 0 Å². The third-order valence-corrected chi connectivity index (χ3v) is 5.41. The molecule has 0 saturated carbocycles. The maximum absolute atomic E-state index is 13.0. The van der Waals surface area contributed by atoms with Crippen molar-refractivity contribution in [1.29, 1.82) is 0 Å². The lowest BCUT2D eigenvalue weighted by Crippen LogP contribution is -2.48. The summed E-state index contributed by atoms with van der Waals surface area (Å²) < 4.78 is 18.0. The molecule has 3 aromatic rings. The van der Waals surface area contributed by atoms with Gasteiger partial charge in [-0.3, -0.25) is 4.57 Å². The number of nitrogens with zero attached hydrogens (tertiary/aromatic N) is 5. The number of esters is 2. The van der Waals surface area contributed by atoms with Gasteiger partial charge in [-0.25, -0.2) is 14.4 Å². The number of anilines is 1. The molecule has 0 amide bonds. The van der Waals surface area contributed by atoms with E-state index >= 15 is 0 Å². The van der Waals surface area contributed by atoms with E-state index in [1.165, 1.54) is 36.5 Å². The molecule has 4 atom stereocenters. The predicted octanol–water partition coefficient (Wildman–Crippen LogP) is 1.80. The van der Waals surface area contributed by atoms with Crippen molar-refractivity contribution in [2.75, 3.05) is 12.3 Å². The Morgan fingerprint density at radius 2 is 1.67 bits per heavy atom. The monoisotopic (exact) mass is 492 g/mol. The van der Waals surface area contributed by atoms with Crippen LogP contribution in [0.1, 0.15) is 26.9 Å². The lowest BCUT2D eigenvalue weighted by molar-refractivity contribution is -0.127. The largest absolute Gasteiger partial charge is 0.451 e. The van der Waals surface area contributed by atoms with E-state index in [2.05, 4.69) is 15.0 Å². The number of hydrogen-bond acceptors (Lipinski definition) is 10. The van der Waals surface area contributed by atoms with Crippen LogP contribution in [0.5, 0.6) is 0 Å². The second kappa shape index (κ2) is 10.3. The van der Waals surface area contributed by atoms with E-state index in [1.54, 1.807) is 36.4 Å². The predicted molar refractivity (Wildman–Crippen MR) is 123 cm³/mol. The number of aliphatic hydroxyl groups excluding tert-OH is 1. The molecule has 0 bridgehead atoms. The number of aromatic nitrogens is 2. The van der Waals surface area contributed by atoms with Crippen molar-refractivity contribution in [2.24, 2.45) is 5.11 Å². The van der Waals surface area contributed by atoms with E-state index in [9.17, 15) is 25.0 Å². The number of hydrogen-bond donors (Lipinski definition) is 2. The number of nitrogens with two attached hydrogens (primary N) is 1. The molecule has 0 spiro atoms. The maximum Gasteiger partial charge on any atom is 0.351 e. The van der Waals surface area contributed by atoms with Gasteiger partial charge in [0.15, 0.2) is 18.4 Å². The fraction of sp³-hybridized carbons (Fsp3) is 0.217. The fourth-order valence-electron chi connectivity index (χ4n) is 3.70. The highest BCUT2D eigenvalue weighted by Gasteiger charge is 2.60. The Labute approximate surface area is 203 Å². The molecule has 4 rings (SSSR count). The van der Waals surface area contributed by atoms with Crippen LogP contribution in [0.2, 0.25) is 0 Å². The first-order valence-corrected chi connectivity index (χ1v) is 10.6. The third-order valence-electron chi connectivity index (χ3n) is 5.41. The van der Waals surface area contributed by atoms with E-state index in [0.29, 0.717) is 0 Å². The zero-order valence-corrected chi connectivity index (χ0v) is 18.6. The molecule has 1 fully saturated rings. The molecule has 1 aliphatic rings. The molecule has 3 N–H and O–H groups in total. The number of carbonyl (C=O) groups is 2. The van der Waals surface area contributed by atoms with Crippen molar-refractivity contribution in [3.8, 4) is 0 Å². The van der Waals surface area contributed by atoms with Crippen molar-refractivity contribution in [3.63, 3.8) is 0 Å². The van der Waals surface area contributed by atoms with Crippen LogP contribution < -0.4 is 11.4 Å². The van der Waals surface area contributed by atoms with Crippen molar-refractivity contribution in [3.05, 3.63) is 105 Å². The zero-order chi connectivity index (χ0) is 25.7. The normalized spacial score (nSPS) is 22.9. The molecule has 36 heavy (non-hydrogen) atoms. The minimum atomic E-state index is -2.24. The van der Waals surface area contributed by atoms with E-state index < -0.39 is 48.4 Å². The molecule has 1 aromatic heterocycles. The second-order valence-corrected chi connectivity index (χ2v) is 7.67.